The third-order valence-corrected chi connectivity index (χ3v) is 2.99. The summed E-state index contributed by atoms with van der Waals surface area (Å²) in [5.41, 5.74) is -0.0846. The zero-order valence-electron chi connectivity index (χ0n) is 12.0. The van der Waals surface area contributed by atoms with Crippen molar-refractivity contribution < 1.29 is 14.3 Å². The van der Waals surface area contributed by atoms with Crippen LogP contribution in [-0.2, 0) is 10.3 Å². The zero-order chi connectivity index (χ0) is 13.8. The third-order valence-electron chi connectivity index (χ3n) is 2.99. The van der Waals surface area contributed by atoms with Crippen LogP contribution in [0.3, 0.4) is 0 Å². The van der Waals surface area contributed by atoms with Crippen molar-refractivity contribution in [3.63, 3.8) is 0 Å². The van der Waals surface area contributed by atoms with Crippen LogP contribution in [0, 0.1) is 13.8 Å². The number of nitrogens with one attached hydrogen (secondary N) is 1. The molecular formula is C14H25NO3. The standard InChI is InChI=1S/C14H25NO3/c1-6-17-8-10(2)15-9-14(5,16)13-7-11(3)18-12(13)4/h7,10,15-16H,6,8-9H2,1-5H3. The summed E-state index contributed by atoms with van der Waals surface area (Å²) < 4.78 is 10.8. The van der Waals surface area contributed by atoms with E-state index in [2.05, 4.69) is 5.32 Å². The molecule has 0 bridgehead atoms. The molecule has 104 valence electrons. The lowest BCUT2D eigenvalue weighted by molar-refractivity contribution is 0.0464. The van der Waals surface area contributed by atoms with Crippen molar-refractivity contribution in [3.05, 3.63) is 23.2 Å². The molecule has 0 fully saturated rings. The largest absolute Gasteiger partial charge is 0.466 e. The van der Waals surface area contributed by atoms with E-state index in [1.807, 2.05) is 33.8 Å². The van der Waals surface area contributed by atoms with Gasteiger partial charge in [0, 0.05) is 24.8 Å². The molecule has 1 heterocycles. The van der Waals surface area contributed by atoms with E-state index in [-0.39, 0.29) is 6.04 Å². The summed E-state index contributed by atoms with van der Waals surface area (Å²) in [5, 5.41) is 13.8. The number of ether oxygens (including phenoxy) is 1. The Balaban J connectivity index is 2.56. The monoisotopic (exact) mass is 255 g/mol. The van der Waals surface area contributed by atoms with Gasteiger partial charge >= 0.3 is 0 Å². The van der Waals surface area contributed by atoms with Crippen LogP contribution in [0.15, 0.2) is 10.5 Å². The highest BCUT2D eigenvalue weighted by atomic mass is 16.5. The van der Waals surface area contributed by atoms with Crippen LogP contribution in [0.1, 0.15) is 37.9 Å². The number of aliphatic hydroxyl groups is 1. The Kier molecular flexibility index (Phi) is 5.38. The van der Waals surface area contributed by atoms with Gasteiger partial charge < -0.3 is 19.6 Å². The normalized spacial score (nSPS) is 16.6. The summed E-state index contributed by atoms with van der Waals surface area (Å²) in [6, 6.07) is 2.11. The summed E-state index contributed by atoms with van der Waals surface area (Å²) in [6.07, 6.45) is 0. The molecule has 0 saturated carbocycles. The minimum absolute atomic E-state index is 0.213. The number of aryl methyl sites for hydroxylation is 2. The van der Waals surface area contributed by atoms with Gasteiger partial charge in [0.2, 0.25) is 0 Å². The van der Waals surface area contributed by atoms with Gasteiger partial charge in [-0.2, -0.15) is 0 Å². The van der Waals surface area contributed by atoms with Crippen molar-refractivity contribution in [2.24, 2.45) is 0 Å². The Hall–Kier alpha value is -0.840. The lowest BCUT2D eigenvalue weighted by atomic mass is 9.96. The fourth-order valence-electron chi connectivity index (χ4n) is 1.99. The zero-order valence-corrected chi connectivity index (χ0v) is 12.0. The van der Waals surface area contributed by atoms with E-state index >= 15 is 0 Å². The molecule has 0 amide bonds. The molecule has 0 saturated heterocycles. The van der Waals surface area contributed by atoms with E-state index in [4.69, 9.17) is 9.15 Å². The van der Waals surface area contributed by atoms with Gasteiger partial charge in [0.15, 0.2) is 0 Å². The third kappa shape index (κ3) is 4.12. The first-order chi connectivity index (χ1) is 8.36. The molecule has 1 aromatic heterocycles. The molecule has 4 heteroatoms. The molecule has 18 heavy (non-hydrogen) atoms. The molecule has 4 nitrogen and oxygen atoms in total. The minimum Gasteiger partial charge on any atom is -0.466 e. The molecule has 1 rings (SSSR count). The highest BCUT2D eigenvalue weighted by Crippen LogP contribution is 2.26. The van der Waals surface area contributed by atoms with Crippen molar-refractivity contribution in [3.8, 4) is 0 Å². The highest BCUT2D eigenvalue weighted by molar-refractivity contribution is 5.26. The number of hydrogen-bond donors (Lipinski definition) is 2. The summed E-state index contributed by atoms with van der Waals surface area (Å²) in [4.78, 5) is 0. The fourth-order valence-corrected chi connectivity index (χ4v) is 1.99. The Bertz CT molecular complexity index is 371. The van der Waals surface area contributed by atoms with Crippen molar-refractivity contribution in [2.75, 3.05) is 19.8 Å². The number of hydrogen-bond acceptors (Lipinski definition) is 4. The minimum atomic E-state index is -0.928. The van der Waals surface area contributed by atoms with Crippen LogP contribution < -0.4 is 5.32 Å². The number of rotatable bonds is 7. The average molecular weight is 255 g/mol. The molecule has 0 aliphatic carbocycles. The maximum absolute atomic E-state index is 10.5. The topological polar surface area (TPSA) is 54.6 Å². The first-order valence-electron chi connectivity index (χ1n) is 6.48. The maximum Gasteiger partial charge on any atom is 0.107 e. The molecule has 0 aliphatic rings. The van der Waals surface area contributed by atoms with Gasteiger partial charge in [-0.25, -0.2) is 0 Å². The van der Waals surface area contributed by atoms with E-state index in [1.54, 1.807) is 6.92 Å². The quantitative estimate of drug-likeness (QED) is 0.783. The van der Waals surface area contributed by atoms with Crippen molar-refractivity contribution in [1.29, 1.82) is 0 Å². The molecule has 1 aromatic rings. The van der Waals surface area contributed by atoms with E-state index in [9.17, 15) is 5.11 Å². The molecule has 0 radical (unpaired) electrons. The van der Waals surface area contributed by atoms with Gasteiger partial charge in [-0.1, -0.05) is 0 Å². The van der Waals surface area contributed by atoms with E-state index < -0.39 is 5.60 Å². The smallest absolute Gasteiger partial charge is 0.107 e. The van der Waals surface area contributed by atoms with Crippen LogP contribution in [0.4, 0.5) is 0 Å². The first kappa shape index (κ1) is 15.2. The van der Waals surface area contributed by atoms with Crippen LogP contribution in [0.5, 0.6) is 0 Å². The van der Waals surface area contributed by atoms with Crippen molar-refractivity contribution >= 4 is 0 Å². The van der Waals surface area contributed by atoms with E-state index in [1.165, 1.54) is 0 Å². The first-order valence-corrected chi connectivity index (χ1v) is 6.48. The molecular weight excluding hydrogens is 230 g/mol. The lowest BCUT2D eigenvalue weighted by Crippen LogP contribution is -2.41. The van der Waals surface area contributed by atoms with Crippen molar-refractivity contribution in [1.82, 2.24) is 5.32 Å². The average Bonchev–Trinajstić information content (AvgIpc) is 2.64. The van der Waals surface area contributed by atoms with E-state index in [0.717, 1.165) is 17.1 Å². The van der Waals surface area contributed by atoms with Gasteiger partial charge in [0.25, 0.3) is 0 Å². The predicted molar refractivity (Wildman–Crippen MR) is 71.7 cm³/mol. The Morgan fingerprint density at radius 1 is 1.50 bits per heavy atom. The van der Waals surface area contributed by atoms with E-state index in [0.29, 0.717) is 19.8 Å². The Morgan fingerprint density at radius 2 is 2.17 bits per heavy atom. The number of furan rings is 1. The summed E-state index contributed by atoms with van der Waals surface area (Å²) in [7, 11) is 0. The maximum atomic E-state index is 10.5. The SMILES string of the molecule is CCOCC(C)NCC(C)(O)c1cc(C)oc1C. The molecule has 0 spiro atoms. The van der Waals surface area contributed by atoms with Gasteiger partial charge in [0.05, 0.1) is 6.61 Å². The molecule has 2 unspecified atom stereocenters. The Morgan fingerprint density at radius 3 is 2.67 bits per heavy atom. The Labute approximate surface area is 109 Å². The predicted octanol–water partition coefficient (Wildman–Crippen LogP) is 2.12. The van der Waals surface area contributed by atoms with Crippen LogP contribution in [-0.4, -0.2) is 30.9 Å². The second-order valence-corrected chi connectivity index (χ2v) is 5.04. The second kappa shape index (κ2) is 6.36. The molecule has 0 aromatic carbocycles. The highest BCUT2D eigenvalue weighted by Gasteiger charge is 2.27. The van der Waals surface area contributed by atoms with Gasteiger partial charge in [-0.3, -0.25) is 0 Å². The summed E-state index contributed by atoms with van der Waals surface area (Å²) >= 11 is 0. The van der Waals surface area contributed by atoms with Gasteiger partial charge in [-0.05, 0) is 40.7 Å². The van der Waals surface area contributed by atoms with Gasteiger partial charge in [0.1, 0.15) is 17.1 Å². The molecule has 0 aliphatic heterocycles. The van der Waals surface area contributed by atoms with Gasteiger partial charge in [-0.15, -0.1) is 0 Å². The second-order valence-electron chi connectivity index (χ2n) is 5.04. The van der Waals surface area contributed by atoms with Crippen molar-refractivity contribution in [2.45, 2.75) is 46.3 Å². The summed E-state index contributed by atoms with van der Waals surface area (Å²) in [5.74, 6) is 1.60. The fraction of sp³-hybridized carbons (Fsp3) is 0.714. The molecule has 2 atom stereocenters. The molecule has 2 N–H and O–H groups in total. The lowest BCUT2D eigenvalue weighted by Gasteiger charge is -2.25. The summed E-state index contributed by atoms with van der Waals surface area (Å²) in [6.45, 7) is 11.4. The van der Waals surface area contributed by atoms with Crippen LogP contribution in [0.25, 0.3) is 0 Å². The van der Waals surface area contributed by atoms with Crippen LogP contribution >= 0.6 is 0 Å². The van der Waals surface area contributed by atoms with Crippen LogP contribution in [0.2, 0.25) is 0 Å².